The number of aromatic nitrogens is 1. The summed E-state index contributed by atoms with van der Waals surface area (Å²) >= 11 is 0. The molecule has 0 atom stereocenters. The van der Waals surface area contributed by atoms with Crippen LogP contribution in [0.5, 0.6) is 0 Å². The van der Waals surface area contributed by atoms with Gasteiger partial charge in [0.1, 0.15) is 5.69 Å². The largest absolute Gasteiger partial charge is 0.436 e. The van der Waals surface area contributed by atoms with Crippen molar-refractivity contribution in [1.82, 2.24) is 4.98 Å². The summed E-state index contributed by atoms with van der Waals surface area (Å²) < 4.78 is 73.7. The van der Waals surface area contributed by atoms with E-state index in [0.29, 0.717) is 0 Å². The molecule has 0 aliphatic rings. The van der Waals surface area contributed by atoms with E-state index in [4.69, 9.17) is 5.11 Å². The van der Waals surface area contributed by atoms with Gasteiger partial charge in [-0.05, 0) is 6.07 Å². The number of hydrogen-bond donors (Lipinski definition) is 1. The van der Waals surface area contributed by atoms with Crippen LogP contribution in [0.15, 0.2) is 6.07 Å². The molecule has 2 nitrogen and oxygen atoms in total. The van der Waals surface area contributed by atoms with Crippen LogP contribution in [0.3, 0.4) is 0 Å². The van der Waals surface area contributed by atoms with E-state index in [9.17, 15) is 26.3 Å². The molecule has 0 fully saturated rings. The summed E-state index contributed by atoms with van der Waals surface area (Å²) in [4.78, 5) is 2.50. The van der Waals surface area contributed by atoms with Crippen molar-refractivity contribution >= 4 is 0 Å². The summed E-state index contributed by atoms with van der Waals surface area (Å²) in [7, 11) is 0. The number of halogens is 6. The maximum absolute atomic E-state index is 12.8. The zero-order valence-electron chi connectivity index (χ0n) is 7.52. The average molecular weight is 245 g/mol. The van der Waals surface area contributed by atoms with Crippen LogP contribution in [0.2, 0.25) is 0 Å². The molecule has 1 rings (SSSR count). The van der Waals surface area contributed by atoms with Gasteiger partial charge >= 0.3 is 6.18 Å². The van der Waals surface area contributed by atoms with Gasteiger partial charge in [0.05, 0.1) is 6.61 Å². The van der Waals surface area contributed by atoms with E-state index in [-0.39, 0.29) is 6.07 Å². The van der Waals surface area contributed by atoms with Crippen molar-refractivity contribution in [3.8, 4) is 0 Å². The fourth-order valence-electron chi connectivity index (χ4n) is 1.06. The summed E-state index contributed by atoms with van der Waals surface area (Å²) in [6, 6.07) is 0.206. The highest BCUT2D eigenvalue weighted by Crippen LogP contribution is 2.32. The molecule has 0 spiro atoms. The highest BCUT2D eigenvalue weighted by Gasteiger charge is 2.37. The molecule has 1 aromatic rings. The third kappa shape index (κ3) is 2.43. The van der Waals surface area contributed by atoms with E-state index in [2.05, 4.69) is 4.98 Å². The topological polar surface area (TPSA) is 33.1 Å². The molecule has 0 saturated heterocycles. The molecule has 0 amide bonds. The monoisotopic (exact) mass is 245 g/mol. The molecule has 0 saturated carbocycles. The van der Waals surface area contributed by atoms with Gasteiger partial charge in [-0.15, -0.1) is 0 Å². The molecule has 16 heavy (non-hydrogen) atoms. The second kappa shape index (κ2) is 4.28. The lowest BCUT2D eigenvalue weighted by Crippen LogP contribution is -2.14. The Labute approximate surface area is 85.5 Å². The van der Waals surface area contributed by atoms with E-state index in [1.165, 1.54) is 0 Å². The first-order valence-corrected chi connectivity index (χ1v) is 3.93. The molecule has 8 heteroatoms. The second-order valence-corrected chi connectivity index (χ2v) is 2.82. The molecule has 0 unspecified atom stereocenters. The summed E-state index contributed by atoms with van der Waals surface area (Å²) in [5, 5.41) is 8.56. The van der Waals surface area contributed by atoms with Gasteiger partial charge in [-0.1, -0.05) is 0 Å². The Kier molecular flexibility index (Phi) is 3.41. The number of hydrogen-bond acceptors (Lipinski definition) is 2. The smallest absolute Gasteiger partial charge is 0.392 e. The number of nitrogens with zero attached hydrogens (tertiary/aromatic N) is 1. The first-order chi connectivity index (χ1) is 7.27. The Morgan fingerprint density at radius 3 is 2.25 bits per heavy atom. The van der Waals surface area contributed by atoms with Crippen molar-refractivity contribution in [3.05, 3.63) is 28.8 Å². The third-order valence-corrected chi connectivity index (χ3v) is 1.73. The molecule has 1 aromatic heterocycles. The molecule has 90 valence electrons. The van der Waals surface area contributed by atoms with Crippen LogP contribution in [0.1, 0.15) is 23.4 Å². The van der Waals surface area contributed by atoms with E-state index in [1.54, 1.807) is 0 Å². The zero-order chi connectivity index (χ0) is 12.5. The van der Waals surface area contributed by atoms with Crippen LogP contribution in [-0.2, 0) is 12.8 Å². The molecule has 0 aromatic carbocycles. The number of aliphatic hydroxyl groups excluding tert-OH is 1. The molecule has 0 bridgehead atoms. The highest BCUT2D eigenvalue weighted by atomic mass is 19.4. The molecule has 0 aliphatic carbocycles. The first-order valence-electron chi connectivity index (χ1n) is 3.93. The lowest BCUT2D eigenvalue weighted by atomic mass is 10.1. The van der Waals surface area contributed by atoms with Gasteiger partial charge in [-0.3, -0.25) is 0 Å². The molecule has 0 aliphatic heterocycles. The number of aliphatic hydroxyl groups is 1. The Hall–Kier alpha value is -1.31. The number of alkyl halides is 5. The predicted molar refractivity (Wildman–Crippen MR) is 40.1 cm³/mol. The maximum Gasteiger partial charge on any atom is 0.436 e. The van der Waals surface area contributed by atoms with Crippen LogP contribution in [0, 0.1) is 5.82 Å². The zero-order valence-corrected chi connectivity index (χ0v) is 7.52. The van der Waals surface area contributed by atoms with Crippen molar-refractivity contribution in [1.29, 1.82) is 0 Å². The van der Waals surface area contributed by atoms with Gasteiger partial charge in [0.15, 0.2) is 11.5 Å². The minimum atomic E-state index is -5.15. The lowest BCUT2D eigenvalue weighted by molar-refractivity contribution is -0.144. The summed E-state index contributed by atoms with van der Waals surface area (Å²) in [6.07, 6.45) is -8.47. The van der Waals surface area contributed by atoms with Gasteiger partial charge in [0, 0.05) is 5.56 Å². The van der Waals surface area contributed by atoms with E-state index < -0.39 is 42.0 Å². The Morgan fingerprint density at radius 2 is 1.88 bits per heavy atom. The van der Waals surface area contributed by atoms with Crippen LogP contribution in [0.25, 0.3) is 0 Å². The summed E-state index contributed by atoms with van der Waals surface area (Å²) in [6.45, 7) is -1.01. The van der Waals surface area contributed by atoms with E-state index >= 15 is 0 Å². The average Bonchev–Trinajstić information content (AvgIpc) is 2.14. The SMILES string of the molecule is OCc1cc(F)c(C(F)(F)F)nc1C(F)F. The van der Waals surface area contributed by atoms with E-state index in [0.717, 1.165) is 0 Å². The van der Waals surface area contributed by atoms with Crippen molar-refractivity contribution in [2.45, 2.75) is 19.2 Å². The molecule has 1 N–H and O–H groups in total. The fraction of sp³-hybridized carbons (Fsp3) is 0.375. The van der Waals surface area contributed by atoms with Gasteiger partial charge in [-0.25, -0.2) is 18.2 Å². The normalized spacial score (nSPS) is 12.2. The third-order valence-electron chi connectivity index (χ3n) is 1.73. The number of pyridine rings is 1. The molecule has 1 heterocycles. The Bertz CT molecular complexity index is 389. The lowest BCUT2D eigenvalue weighted by Gasteiger charge is -2.11. The standard InChI is InChI=1S/C8H5F6NO/c9-4-1-3(2-16)5(7(10)11)15-6(4)8(12,13)14/h1,7,16H,2H2. The van der Waals surface area contributed by atoms with Gasteiger partial charge in [0.2, 0.25) is 0 Å². The van der Waals surface area contributed by atoms with E-state index in [1.807, 2.05) is 0 Å². The Morgan fingerprint density at radius 1 is 1.31 bits per heavy atom. The molecule has 0 radical (unpaired) electrons. The highest BCUT2D eigenvalue weighted by molar-refractivity contribution is 5.26. The van der Waals surface area contributed by atoms with Crippen LogP contribution in [-0.4, -0.2) is 10.1 Å². The predicted octanol–water partition coefficient (Wildman–Crippen LogP) is 2.67. The molecular formula is C8H5F6NO. The van der Waals surface area contributed by atoms with Crippen molar-refractivity contribution in [2.24, 2.45) is 0 Å². The van der Waals surface area contributed by atoms with Crippen LogP contribution in [0.4, 0.5) is 26.3 Å². The van der Waals surface area contributed by atoms with Crippen molar-refractivity contribution < 1.29 is 31.4 Å². The van der Waals surface area contributed by atoms with Crippen LogP contribution >= 0.6 is 0 Å². The second-order valence-electron chi connectivity index (χ2n) is 2.82. The minimum absolute atomic E-state index is 0.206. The minimum Gasteiger partial charge on any atom is -0.392 e. The van der Waals surface area contributed by atoms with Gasteiger partial charge in [0.25, 0.3) is 6.43 Å². The van der Waals surface area contributed by atoms with Crippen molar-refractivity contribution in [3.63, 3.8) is 0 Å². The maximum atomic E-state index is 12.8. The number of rotatable bonds is 2. The van der Waals surface area contributed by atoms with Crippen molar-refractivity contribution in [2.75, 3.05) is 0 Å². The van der Waals surface area contributed by atoms with Crippen LogP contribution < -0.4 is 0 Å². The summed E-state index contributed by atoms with van der Waals surface area (Å²) in [5.74, 6) is -1.79. The summed E-state index contributed by atoms with van der Waals surface area (Å²) in [5.41, 5.74) is -3.95. The molecular weight excluding hydrogens is 240 g/mol. The van der Waals surface area contributed by atoms with Gasteiger partial charge in [-0.2, -0.15) is 13.2 Å². The fourth-order valence-corrected chi connectivity index (χ4v) is 1.06. The quantitative estimate of drug-likeness (QED) is 0.812. The first kappa shape index (κ1) is 12.8. The Balaban J connectivity index is 3.39. The van der Waals surface area contributed by atoms with Gasteiger partial charge < -0.3 is 5.11 Å².